The monoisotopic (exact) mass is 284 g/mol. The lowest BCUT2D eigenvalue weighted by Crippen LogP contribution is -2.38. The van der Waals surface area contributed by atoms with E-state index in [1.165, 1.54) is 12.1 Å². The predicted molar refractivity (Wildman–Crippen MR) is 74.8 cm³/mol. The summed E-state index contributed by atoms with van der Waals surface area (Å²) < 4.78 is 13.8. The molecule has 1 unspecified atom stereocenters. The second-order valence-corrected chi connectivity index (χ2v) is 5.71. The minimum absolute atomic E-state index is 0.141. The Labute approximate surface area is 118 Å². The van der Waals surface area contributed by atoms with Crippen LogP contribution in [0.25, 0.3) is 0 Å². The zero-order valence-electron chi connectivity index (χ0n) is 12.0. The van der Waals surface area contributed by atoms with Crippen LogP contribution in [0.2, 0.25) is 0 Å². The Kier molecular flexibility index (Phi) is 5.59. The number of nitro benzene ring substituents is 1. The van der Waals surface area contributed by atoms with Gasteiger partial charge in [-0.25, -0.2) is 0 Å². The maximum absolute atomic E-state index is 13.8. The van der Waals surface area contributed by atoms with E-state index in [0.29, 0.717) is 18.9 Å². The predicted octanol–water partition coefficient (Wildman–Crippen LogP) is 2.62. The summed E-state index contributed by atoms with van der Waals surface area (Å²) in [5, 5.41) is 23.7. The molecule has 1 aromatic carbocycles. The van der Waals surface area contributed by atoms with E-state index < -0.39 is 22.0 Å². The average molecular weight is 284 g/mol. The first-order valence-electron chi connectivity index (χ1n) is 6.58. The molecule has 0 saturated carbocycles. The van der Waals surface area contributed by atoms with E-state index in [1.807, 2.05) is 13.8 Å². The molecule has 112 valence electrons. The first kappa shape index (κ1) is 16.5. The van der Waals surface area contributed by atoms with Crippen molar-refractivity contribution in [3.8, 4) is 0 Å². The third-order valence-corrected chi connectivity index (χ3v) is 2.92. The highest BCUT2D eigenvalue weighted by Crippen LogP contribution is 2.20. The number of nitrogens with zero attached hydrogens (tertiary/aromatic N) is 1. The summed E-state index contributed by atoms with van der Waals surface area (Å²) in [6.07, 6.45) is 0.622. The minimum atomic E-state index is -0.884. The van der Waals surface area contributed by atoms with E-state index in [1.54, 1.807) is 6.92 Å². The highest BCUT2D eigenvalue weighted by Gasteiger charge is 2.22. The van der Waals surface area contributed by atoms with Crippen LogP contribution < -0.4 is 5.32 Å². The molecule has 0 saturated heterocycles. The number of benzene rings is 1. The lowest BCUT2D eigenvalue weighted by Gasteiger charge is -2.25. The number of hydrogen-bond acceptors (Lipinski definition) is 4. The van der Waals surface area contributed by atoms with Crippen molar-refractivity contribution in [2.75, 3.05) is 6.54 Å². The number of halogens is 1. The van der Waals surface area contributed by atoms with Gasteiger partial charge in [0.25, 0.3) is 0 Å². The van der Waals surface area contributed by atoms with Gasteiger partial charge in [0.1, 0.15) is 0 Å². The molecule has 0 heterocycles. The molecule has 20 heavy (non-hydrogen) atoms. The third-order valence-electron chi connectivity index (χ3n) is 2.92. The Balaban J connectivity index is 2.63. The Morgan fingerprint density at radius 1 is 1.50 bits per heavy atom. The maximum Gasteiger partial charge on any atom is 0.305 e. The van der Waals surface area contributed by atoms with E-state index in [0.717, 1.165) is 6.07 Å². The molecule has 0 aromatic heterocycles. The summed E-state index contributed by atoms with van der Waals surface area (Å²) in [5.41, 5.74) is -1.19. The van der Waals surface area contributed by atoms with Gasteiger partial charge in [0.2, 0.25) is 5.82 Å². The van der Waals surface area contributed by atoms with Crippen LogP contribution >= 0.6 is 0 Å². The van der Waals surface area contributed by atoms with Crippen LogP contribution in [0.15, 0.2) is 18.2 Å². The van der Waals surface area contributed by atoms with Gasteiger partial charge in [0.05, 0.1) is 10.5 Å². The lowest BCUT2D eigenvalue weighted by molar-refractivity contribution is -0.387. The molecule has 2 N–H and O–H groups in total. The van der Waals surface area contributed by atoms with E-state index in [9.17, 15) is 19.6 Å². The van der Waals surface area contributed by atoms with Crippen molar-refractivity contribution in [2.45, 2.75) is 39.3 Å². The van der Waals surface area contributed by atoms with Gasteiger partial charge in [-0.1, -0.05) is 26.0 Å². The minimum Gasteiger partial charge on any atom is -0.389 e. The van der Waals surface area contributed by atoms with Crippen LogP contribution in [0.5, 0.6) is 0 Å². The molecule has 1 rings (SSSR count). The van der Waals surface area contributed by atoms with Gasteiger partial charge in [-0.05, 0) is 19.3 Å². The standard InChI is InChI=1S/C14H21FN2O3/c1-10(2)7-14(3,18)9-16-8-11-5-4-6-12(13(11)15)17(19)20/h4-6,10,16,18H,7-9H2,1-3H3. The topological polar surface area (TPSA) is 75.4 Å². The molecule has 0 aliphatic carbocycles. The first-order valence-corrected chi connectivity index (χ1v) is 6.58. The van der Waals surface area contributed by atoms with Crippen LogP contribution in [0.4, 0.5) is 10.1 Å². The van der Waals surface area contributed by atoms with Gasteiger partial charge in [0, 0.05) is 24.7 Å². The summed E-state index contributed by atoms with van der Waals surface area (Å²) >= 11 is 0. The second kappa shape index (κ2) is 6.76. The number of rotatable bonds is 7. The Morgan fingerprint density at radius 2 is 2.15 bits per heavy atom. The van der Waals surface area contributed by atoms with Crippen molar-refractivity contribution in [3.05, 3.63) is 39.7 Å². The molecule has 1 atom stereocenters. The van der Waals surface area contributed by atoms with Crippen molar-refractivity contribution < 1.29 is 14.4 Å². The van der Waals surface area contributed by atoms with Crippen LogP contribution in [-0.4, -0.2) is 22.2 Å². The average Bonchev–Trinajstić information content (AvgIpc) is 2.29. The Morgan fingerprint density at radius 3 is 2.70 bits per heavy atom. The number of aliphatic hydroxyl groups is 1. The third kappa shape index (κ3) is 4.86. The molecule has 0 spiro atoms. The fourth-order valence-electron chi connectivity index (χ4n) is 2.26. The van der Waals surface area contributed by atoms with E-state index >= 15 is 0 Å². The zero-order valence-corrected chi connectivity index (χ0v) is 12.0. The largest absolute Gasteiger partial charge is 0.389 e. The summed E-state index contributed by atoms with van der Waals surface area (Å²) in [7, 11) is 0. The number of nitro groups is 1. The maximum atomic E-state index is 13.8. The molecule has 0 aliphatic heterocycles. The van der Waals surface area contributed by atoms with Crippen LogP contribution in [0.3, 0.4) is 0 Å². The van der Waals surface area contributed by atoms with Crippen molar-refractivity contribution in [1.82, 2.24) is 5.32 Å². The van der Waals surface area contributed by atoms with Crippen molar-refractivity contribution in [2.24, 2.45) is 5.92 Å². The normalized spacial score (nSPS) is 14.3. The van der Waals surface area contributed by atoms with Crippen LogP contribution in [-0.2, 0) is 6.54 Å². The molecule has 6 heteroatoms. The van der Waals surface area contributed by atoms with Gasteiger partial charge in [-0.3, -0.25) is 10.1 Å². The molecular formula is C14H21FN2O3. The lowest BCUT2D eigenvalue weighted by atomic mass is 9.94. The van der Waals surface area contributed by atoms with E-state index in [4.69, 9.17) is 0 Å². The summed E-state index contributed by atoms with van der Waals surface area (Å²) in [6, 6.07) is 4.07. The molecule has 0 fully saturated rings. The Bertz CT molecular complexity index is 475. The fraction of sp³-hybridized carbons (Fsp3) is 0.571. The van der Waals surface area contributed by atoms with Crippen molar-refractivity contribution in [1.29, 1.82) is 0 Å². The van der Waals surface area contributed by atoms with Gasteiger partial charge in [-0.2, -0.15) is 4.39 Å². The smallest absolute Gasteiger partial charge is 0.305 e. The molecule has 0 bridgehead atoms. The molecular weight excluding hydrogens is 263 g/mol. The highest BCUT2D eigenvalue weighted by molar-refractivity contribution is 5.36. The summed E-state index contributed by atoms with van der Waals surface area (Å²) in [6.45, 7) is 6.17. The molecule has 0 aliphatic rings. The SMILES string of the molecule is CC(C)CC(C)(O)CNCc1cccc([N+](=O)[O-])c1F. The molecule has 0 amide bonds. The molecule has 1 aromatic rings. The van der Waals surface area contributed by atoms with Gasteiger partial charge < -0.3 is 10.4 Å². The second-order valence-electron chi connectivity index (χ2n) is 5.71. The zero-order chi connectivity index (χ0) is 15.3. The van der Waals surface area contributed by atoms with Gasteiger partial charge >= 0.3 is 5.69 Å². The number of nitrogens with one attached hydrogen (secondary N) is 1. The van der Waals surface area contributed by atoms with E-state index in [2.05, 4.69) is 5.32 Å². The van der Waals surface area contributed by atoms with Crippen molar-refractivity contribution in [3.63, 3.8) is 0 Å². The first-order chi connectivity index (χ1) is 9.23. The fourth-order valence-corrected chi connectivity index (χ4v) is 2.26. The van der Waals surface area contributed by atoms with E-state index in [-0.39, 0.29) is 12.1 Å². The van der Waals surface area contributed by atoms with Gasteiger partial charge in [0.15, 0.2) is 0 Å². The molecule has 0 radical (unpaired) electrons. The van der Waals surface area contributed by atoms with Crippen molar-refractivity contribution >= 4 is 5.69 Å². The van der Waals surface area contributed by atoms with Gasteiger partial charge in [-0.15, -0.1) is 0 Å². The summed E-state index contributed by atoms with van der Waals surface area (Å²) in [5.74, 6) is -0.477. The quantitative estimate of drug-likeness (QED) is 0.596. The number of hydrogen-bond donors (Lipinski definition) is 2. The van der Waals surface area contributed by atoms with Crippen LogP contribution in [0.1, 0.15) is 32.8 Å². The highest BCUT2D eigenvalue weighted by atomic mass is 19.1. The van der Waals surface area contributed by atoms with Crippen LogP contribution in [0, 0.1) is 21.8 Å². The molecule has 5 nitrogen and oxygen atoms in total. The summed E-state index contributed by atoms with van der Waals surface area (Å²) in [4.78, 5) is 9.89. The Hall–Kier alpha value is -1.53.